The third kappa shape index (κ3) is 5.16. The Morgan fingerprint density at radius 2 is 1.65 bits per heavy atom. The minimum atomic E-state index is -2.90. The molecular weight excluding hydrogens is 404 g/mol. The standard InChI is InChI=1S/C23H19F2N3O3/c24-23(25)31-18-12-10-16(11-13-18)26-22(29)14-28-20-9-5-4-8-19(20)27-21(28)15-30-17-6-2-1-3-7-17/h1-13,23H,14-15H2,(H,26,29). The molecule has 0 aliphatic rings. The van der Waals surface area contributed by atoms with Gasteiger partial charge in [-0.3, -0.25) is 4.79 Å². The van der Waals surface area contributed by atoms with Crippen LogP contribution < -0.4 is 14.8 Å². The van der Waals surface area contributed by atoms with Crippen LogP contribution >= 0.6 is 0 Å². The molecule has 1 amide bonds. The van der Waals surface area contributed by atoms with Crippen LogP contribution in [-0.2, 0) is 17.9 Å². The van der Waals surface area contributed by atoms with E-state index >= 15 is 0 Å². The summed E-state index contributed by atoms with van der Waals surface area (Å²) in [5, 5.41) is 2.76. The third-order valence-electron chi connectivity index (χ3n) is 4.51. The molecule has 0 fully saturated rings. The zero-order valence-corrected chi connectivity index (χ0v) is 16.4. The fourth-order valence-electron chi connectivity index (χ4n) is 3.14. The van der Waals surface area contributed by atoms with Gasteiger partial charge in [0.05, 0.1) is 11.0 Å². The molecule has 4 aromatic rings. The van der Waals surface area contributed by atoms with Gasteiger partial charge >= 0.3 is 6.61 Å². The van der Waals surface area contributed by atoms with Gasteiger partial charge in [0.25, 0.3) is 0 Å². The van der Waals surface area contributed by atoms with Gasteiger partial charge in [-0.05, 0) is 48.5 Å². The van der Waals surface area contributed by atoms with Gasteiger partial charge in [-0.25, -0.2) is 4.98 Å². The predicted molar refractivity (Wildman–Crippen MR) is 112 cm³/mol. The van der Waals surface area contributed by atoms with Gasteiger partial charge in [-0.1, -0.05) is 30.3 Å². The minimum Gasteiger partial charge on any atom is -0.486 e. The Bertz CT molecular complexity index is 1160. The second-order valence-corrected chi connectivity index (χ2v) is 6.66. The number of benzene rings is 3. The molecule has 0 aliphatic carbocycles. The second-order valence-electron chi connectivity index (χ2n) is 6.66. The van der Waals surface area contributed by atoms with E-state index in [4.69, 9.17) is 4.74 Å². The first-order valence-electron chi connectivity index (χ1n) is 9.55. The number of rotatable bonds is 8. The largest absolute Gasteiger partial charge is 0.486 e. The van der Waals surface area contributed by atoms with E-state index in [0.717, 1.165) is 11.0 Å². The highest BCUT2D eigenvalue weighted by atomic mass is 19.3. The van der Waals surface area contributed by atoms with Crippen LogP contribution in [0.5, 0.6) is 11.5 Å². The molecular formula is C23H19F2N3O3. The molecule has 1 aromatic heterocycles. The van der Waals surface area contributed by atoms with Crippen LogP contribution in [0.3, 0.4) is 0 Å². The van der Waals surface area contributed by atoms with Crippen molar-refractivity contribution in [1.29, 1.82) is 0 Å². The lowest BCUT2D eigenvalue weighted by atomic mass is 10.3. The minimum absolute atomic E-state index is 0.0171. The zero-order chi connectivity index (χ0) is 21.6. The van der Waals surface area contributed by atoms with Gasteiger partial charge in [0.1, 0.15) is 30.5 Å². The predicted octanol–water partition coefficient (Wildman–Crippen LogP) is 4.86. The number of nitrogens with one attached hydrogen (secondary N) is 1. The van der Waals surface area contributed by atoms with Crippen molar-refractivity contribution in [2.75, 3.05) is 5.32 Å². The first-order chi connectivity index (χ1) is 15.1. The van der Waals surface area contributed by atoms with Crippen molar-refractivity contribution in [3.8, 4) is 11.5 Å². The van der Waals surface area contributed by atoms with Crippen molar-refractivity contribution in [3.05, 3.63) is 84.7 Å². The van der Waals surface area contributed by atoms with E-state index in [1.165, 1.54) is 24.3 Å². The summed E-state index contributed by atoms with van der Waals surface area (Å²) in [6.45, 7) is -2.68. The van der Waals surface area contributed by atoms with Crippen LogP contribution in [-0.4, -0.2) is 22.1 Å². The fraction of sp³-hybridized carbons (Fsp3) is 0.130. The number of anilines is 1. The van der Waals surface area contributed by atoms with Crippen LogP contribution in [0.15, 0.2) is 78.9 Å². The normalized spacial score (nSPS) is 10.9. The Kier molecular flexibility index (Phi) is 6.07. The Balaban J connectivity index is 1.49. The number of hydrogen-bond acceptors (Lipinski definition) is 4. The summed E-state index contributed by atoms with van der Waals surface area (Å²) in [4.78, 5) is 17.3. The first-order valence-corrected chi connectivity index (χ1v) is 9.55. The molecule has 0 spiro atoms. The fourth-order valence-corrected chi connectivity index (χ4v) is 3.14. The summed E-state index contributed by atoms with van der Waals surface area (Å²) >= 11 is 0. The Morgan fingerprint density at radius 1 is 0.935 bits per heavy atom. The van der Waals surface area contributed by atoms with E-state index in [2.05, 4.69) is 15.0 Å². The van der Waals surface area contributed by atoms with Gasteiger partial charge < -0.3 is 19.4 Å². The Labute approximate surface area is 177 Å². The van der Waals surface area contributed by atoms with Gasteiger partial charge in [0, 0.05) is 5.69 Å². The summed E-state index contributed by atoms with van der Waals surface area (Å²) in [5.74, 6) is 1.05. The van der Waals surface area contributed by atoms with Crippen molar-refractivity contribution in [3.63, 3.8) is 0 Å². The molecule has 158 valence electrons. The topological polar surface area (TPSA) is 65.4 Å². The van der Waals surface area contributed by atoms with Crippen molar-refractivity contribution in [2.45, 2.75) is 19.8 Å². The number of nitrogens with zero attached hydrogens (tertiary/aromatic N) is 2. The van der Waals surface area contributed by atoms with Crippen LogP contribution in [0, 0.1) is 0 Å². The van der Waals surface area contributed by atoms with E-state index in [0.29, 0.717) is 17.3 Å². The molecule has 4 rings (SSSR count). The molecule has 0 atom stereocenters. The molecule has 8 heteroatoms. The number of carbonyl (C=O) groups excluding carboxylic acids is 1. The van der Waals surface area contributed by atoms with Gasteiger partial charge in [0.2, 0.25) is 5.91 Å². The number of carbonyl (C=O) groups is 1. The quantitative estimate of drug-likeness (QED) is 0.440. The van der Waals surface area contributed by atoms with Crippen LogP contribution in [0.1, 0.15) is 5.82 Å². The van der Waals surface area contributed by atoms with Crippen molar-refractivity contribution in [1.82, 2.24) is 9.55 Å². The maximum Gasteiger partial charge on any atom is 0.387 e. The average molecular weight is 423 g/mol. The van der Waals surface area contributed by atoms with Crippen molar-refractivity contribution >= 4 is 22.6 Å². The molecule has 0 saturated carbocycles. The van der Waals surface area contributed by atoms with Crippen LogP contribution in [0.4, 0.5) is 14.5 Å². The number of aromatic nitrogens is 2. The highest BCUT2D eigenvalue weighted by molar-refractivity contribution is 5.91. The highest BCUT2D eigenvalue weighted by Crippen LogP contribution is 2.20. The van der Waals surface area contributed by atoms with Crippen molar-refractivity contribution in [2.24, 2.45) is 0 Å². The molecule has 0 bridgehead atoms. The number of ether oxygens (including phenoxy) is 2. The number of alkyl halides is 2. The Hall–Kier alpha value is -3.94. The lowest BCUT2D eigenvalue weighted by molar-refractivity contribution is -0.116. The average Bonchev–Trinajstić information content (AvgIpc) is 3.11. The van der Waals surface area contributed by atoms with E-state index in [1.807, 2.05) is 54.6 Å². The van der Waals surface area contributed by atoms with E-state index in [9.17, 15) is 13.6 Å². The van der Waals surface area contributed by atoms with Crippen LogP contribution in [0.25, 0.3) is 11.0 Å². The lowest BCUT2D eigenvalue weighted by Gasteiger charge is -2.11. The number of imidazole rings is 1. The van der Waals surface area contributed by atoms with Crippen molar-refractivity contribution < 1.29 is 23.0 Å². The summed E-state index contributed by atoms with van der Waals surface area (Å²) < 4.78 is 36.5. The van der Waals surface area contributed by atoms with E-state index < -0.39 is 6.61 Å². The maximum atomic E-state index is 12.7. The summed E-state index contributed by atoms with van der Waals surface area (Å²) in [5.41, 5.74) is 2.04. The maximum absolute atomic E-state index is 12.7. The highest BCUT2D eigenvalue weighted by Gasteiger charge is 2.14. The molecule has 31 heavy (non-hydrogen) atoms. The van der Waals surface area contributed by atoms with E-state index in [1.54, 1.807) is 4.57 Å². The smallest absolute Gasteiger partial charge is 0.387 e. The second kappa shape index (κ2) is 9.25. The van der Waals surface area contributed by atoms with Crippen LogP contribution in [0.2, 0.25) is 0 Å². The zero-order valence-electron chi connectivity index (χ0n) is 16.4. The van der Waals surface area contributed by atoms with Gasteiger partial charge in [0.15, 0.2) is 0 Å². The third-order valence-corrected chi connectivity index (χ3v) is 4.51. The molecule has 1 N–H and O–H groups in total. The molecule has 0 radical (unpaired) electrons. The Morgan fingerprint density at radius 3 is 2.39 bits per heavy atom. The monoisotopic (exact) mass is 423 g/mol. The first kappa shape index (κ1) is 20.3. The molecule has 0 saturated heterocycles. The molecule has 0 unspecified atom stereocenters. The SMILES string of the molecule is O=C(Cn1c(COc2ccccc2)nc2ccccc21)Nc1ccc(OC(F)F)cc1. The van der Waals surface area contributed by atoms with E-state index in [-0.39, 0.29) is 24.8 Å². The lowest BCUT2D eigenvalue weighted by Crippen LogP contribution is -2.20. The molecule has 6 nitrogen and oxygen atoms in total. The molecule has 0 aliphatic heterocycles. The van der Waals surface area contributed by atoms with Gasteiger partial charge in [-0.15, -0.1) is 0 Å². The van der Waals surface area contributed by atoms with Gasteiger partial charge in [-0.2, -0.15) is 8.78 Å². The molecule has 1 heterocycles. The summed E-state index contributed by atoms with van der Waals surface area (Å²) in [6.07, 6.45) is 0. The molecule has 3 aromatic carbocycles. The summed E-state index contributed by atoms with van der Waals surface area (Å²) in [7, 11) is 0. The number of fused-ring (bicyclic) bond motifs is 1. The number of para-hydroxylation sites is 3. The number of amides is 1. The number of hydrogen-bond donors (Lipinski definition) is 1. The summed E-state index contributed by atoms with van der Waals surface area (Å²) in [6, 6.07) is 22.6. The number of halogens is 2.